The van der Waals surface area contributed by atoms with Crippen LogP contribution in [0.4, 0.5) is 10.8 Å². The maximum Gasteiger partial charge on any atom is 0.311 e. The van der Waals surface area contributed by atoms with E-state index in [1.807, 2.05) is 0 Å². The minimum absolute atomic E-state index is 0.0280. The maximum atomic E-state index is 12.3. The largest absolute Gasteiger partial charge is 0.466 e. The fourth-order valence-electron chi connectivity index (χ4n) is 2.11. The molecule has 2 aromatic heterocycles. The van der Waals surface area contributed by atoms with E-state index in [2.05, 4.69) is 15.4 Å². The van der Waals surface area contributed by atoms with E-state index in [0.29, 0.717) is 17.4 Å². The number of nitrogens with one attached hydrogen (secondary N) is 1. The molecule has 0 bridgehead atoms. The Balaban J connectivity index is 2.03. The van der Waals surface area contributed by atoms with Crippen molar-refractivity contribution in [1.29, 1.82) is 0 Å². The van der Waals surface area contributed by atoms with Crippen molar-refractivity contribution in [3.8, 4) is 0 Å². The second-order valence-electron chi connectivity index (χ2n) is 5.11. The zero-order chi connectivity index (χ0) is 18.6. The molecule has 1 unspecified atom stereocenters. The Morgan fingerprint density at radius 1 is 1.52 bits per heavy atom. The van der Waals surface area contributed by atoms with Crippen LogP contribution in [0, 0.1) is 17.0 Å². The summed E-state index contributed by atoms with van der Waals surface area (Å²) in [6, 6.07) is -0.758. The molecule has 0 aliphatic rings. The molecule has 25 heavy (non-hydrogen) atoms. The molecule has 10 nitrogen and oxygen atoms in total. The van der Waals surface area contributed by atoms with Crippen molar-refractivity contribution < 1.29 is 19.2 Å². The van der Waals surface area contributed by atoms with Crippen molar-refractivity contribution in [2.24, 2.45) is 0 Å². The lowest BCUT2D eigenvalue weighted by atomic mass is 10.3. The summed E-state index contributed by atoms with van der Waals surface area (Å²) in [6.07, 6.45) is 1.14. The number of nitrogens with zero attached hydrogens (tertiary/aromatic N) is 4. The Labute approximate surface area is 147 Å². The predicted molar refractivity (Wildman–Crippen MR) is 89.4 cm³/mol. The fourth-order valence-corrected chi connectivity index (χ4v) is 2.82. The van der Waals surface area contributed by atoms with E-state index in [1.54, 1.807) is 19.2 Å². The first-order valence-electron chi connectivity index (χ1n) is 7.42. The third-order valence-corrected chi connectivity index (χ3v) is 4.18. The van der Waals surface area contributed by atoms with Gasteiger partial charge in [-0.1, -0.05) is 0 Å². The average Bonchev–Trinajstić information content (AvgIpc) is 3.13. The van der Waals surface area contributed by atoms with Crippen LogP contribution >= 0.6 is 11.3 Å². The number of amides is 1. The van der Waals surface area contributed by atoms with Crippen LogP contribution in [0.25, 0.3) is 0 Å². The fraction of sp³-hybridized carbons (Fsp3) is 0.429. The van der Waals surface area contributed by atoms with Gasteiger partial charge in [-0.05, 0) is 20.8 Å². The number of aromatic nitrogens is 3. The molecule has 0 saturated heterocycles. The number of carbonyl (C=O) groups is 2. The van der Waals surface area contributed by atoms with Crippen LogP contribution in [0.2, 0.25) is 0 Å². The van der Waals surface area contributed by atoms with Gasteiger partial charge in [0.15, 0.2) is 5.13 Å². The Morgan fingerprint density at radius 2 is 2.24 bits per heavy atom. The minimum atomic E-state index is -0.758. The highest BCUT2D eigenvalue weighted by molar-refractivity contribution is 7.13. The van der Waals surface area contributed by atoms with Gasteiger partial charge >= 0.3 is 11.7 Å². The van der Waals surface area contributed by atoms with E-state index >= 15 is 0 Å². The summed E-state index contributed by atoms with van der Waals surface area (Å²) in [6.45, 7) is 5.11. The number of hydrogen-bond acceptors (Lipinski definition) is 8. The van der Waals surface area contributed by atoms with Crippen LogP contribution in [0.3, 0.4) is 0 Å². The van der Waals surface area contributed by atoms with Crippen molar-refractivity contribution in [3.63, 3.8) is 0 Å². The molecule has 1 atom stereocenters. The number of esters is 1. The first-order valence-corrected chi connectivity index (χ1v) is 8.30. The SMILES string of the molecule is CCOC(=O)Cc1csc(NC(=O)C(C)n2ncc([N+](=O)[O-])c2C)n1. The second kappa shape index (κ2) is 7.83. The van der Waals surface area contributed by atoms with Crippen LogP contribution in [-0.4, -0.2) is 38.2 Å². The Kier molecular flexibility index (Phi) is 5.80. The number of anilines is 1. The number of hydrogen-bond donors (Lipinski definition) is 1. The van der Waals surface area contributed by atoms with Crippen LogP contribution in [-0.2, 0) is 20.7 Å². The summed E-state index contributed by atoms with van der Waals surface area (Å²) < 4.78 is 6.12. The molecule has 0 aromatic carbocycles. The molecule has 0 radical (unpaired) electrons. The van der Waals surface area contributed by atoms with Gasteiger partial charge in [-0.15, -0.1) is 11.3 Å². The van der Waals surface area contributed by atoms with Gasteiger partial charge < -0.3 is 10.1 Å². The summed E-state index contributed by atoms with van der Waals surface area (Å²) in [5, 5.41) is 19.4. The molecule has 0 aliphatic carbocycles. The molecule has 1 amide bonds. The van der Waals surface area contributed by atoms with E-state index in [0.717, 1.165) is 6.20 Å². The molecule has 1 N–H and O–H groups in total. The lowest BCUT2D eigenvalue weighted by Crippen LogP contribution is -2.25. The summed E-state index contributed by atoms with van der Waals surface area (Å²) in [5.41, 5.74) is 0.637. The second-order valence-corrected chi connectivity index (χ2v) is 5.97. The van der Waals surface area contributed by atoms with Crippen molar-refractivity contribution in [3.05, 3.63) is 33.1 Å². The van der Waals surface area contributed by atoms with Crippen molar-refractivity contribution in [2.75, 3.05) is 11.9 Å². The van der Waals surface area contributed by atoms with Crippen LogP contribution in [0.15, 0.2) is 11.6 Å². The van der Waals surface area contributed by atoms with Crippen LogP contribution in [0.1, 0.15) is 31.3 Å². The summed E-state index contributed by atoms with van der Waals surface area (Å²) >= 11 is 1.18. The van der Waals surface area contributed by atoms with Crippen molar-refractivity contribution in [2.45, 2.75) is 33.2 Å². The quantitative estimate of drug-likeness (QED) is 0.449. The Hall–Kier alpha value is -2.82. The Morgan fingerprint density at radius 3 is 2.84 bits per heavy atom. The van der Waals surface area contributed by atoms with Gasteiger partial charge in [-0.2, -0.15) is 5.10 Å². The molecule has 0 fully saturated rings. The molecule has 134 valence electrons. The van der Waals surface area contributed by atoms with Gasteiger partial charge in [0.25, 0.3) is 5.91 Å². The van der Waals surface area contributed by atoms with Gasteiger partial charge in [0, 0.05) is 5.38 Å². The van der Waals surface area contributed by atoms with Gasteiger partial charge in [0.05, 0.1) is 23.6 Å². The van der Waals surface area contributed by atoms with Gasteiger partial charge in [0.2, 0.25) is 0 Å². The molecule has 11 heteroatoms. The number of nitro groups is 1. The third kappa shape index (κ3) is 4.38. The Bertz CT molecular complexity index is 799. The highest BCUT2D eigenvalue weighted by Crippen LogP contribution is 2.22. The standard InChI is InChI=1S/C14H17N5O5S/c1-4-24-12(20)5-10-7-25-14(16-10)17-13(21)9(3)18-8(2)11(6-15-18)19(22)23/h6-7,9H,4-5H2,1-3H3,(H,16,17,21). The first-order chi connectivity index (χ1) is 11.8. The van der Waals surface area contributed by atoms with Crippen molar-refractivity contribution in [1.82, 2.24) is 14.8 Å². The lowest BCUT2D eigenvalue weighted by Gasteiger charge is -2.12. The average molecular weight is 367 g/mol. The van der Waals surface area contributed by atoms with E-state index in [-0.39, 0.29) is 17.8 Å². The van der Waals surface area contributed by atoms with E-state index in [1.165, 1.54) is 22.9 Å². The monoisotopic (exact) mass is 367 g/mol. The van der Waals surface area contributed by atoms with Gasteiger partial charge in [-0.25, -0.2) is 4.98 Å². The van der Waals surface area contributed by atoms with E-state index in [9.17, 15) is 19.7 Å². The molecular formula is C14H17N5O5S. The normalized spacial score (nSPS) is 11.8. The summed E-state index contributed by atoms with van der Waals surface area (Å²) in [5.74, 6) is -0.809. The molecular weight excluding hydrogens is 350 g/mol. The van der Waals surface area contributed by atoms with Crippen molar-refractivity contribution >= 4 is 34.0 Å². The number of rotatable bonds is 7. The zero-order valence-electron chi connectivity index (χ0n) is 13.9. The number of carbonyl (C=O) groups excluding carboxylic acids is 2. The third-order valence-electron chi connectivity index (χ3n) is 3.37. The van der Waals surface area contributed by atoms with Gasteiger partial charge in [-0.3, -0.25) is 24.4 Å². The first kappa shape index (κ1) is 18.5. The lowest BCUT2D eigenvalue weighted by molar-refractivity contribution is -0.385. The molecule has 0 aliphatic heterocycles. The summed E-state index contributed by atoms with van der Waals surface area (Å²) in [4.78, 5) is 38.2. The summed E-state index contributed by atoms with van der Waals surface area (Å²) in [7, 11) is 0. The van der Waals surface area contributed by atoms with Crippen LogP contribution in [0.5, 0.6) is 0 Å². The minimum Gasteiger partial charge on any atom is -0.466 e. The van der Waals surface area contributed by atoms with E-state index < -0.39 is 22.8 Å². The predicted octanol–water partition coefficient (Wildman–Crippen LogP) is 1.86. The maximum absolute atomic E-state index is 12.3. The highest BCUT2D eigenvalue weighted by atomic mass is 32.1. The molecule has 2 heterocycles. The topological polar surface area (TPSA) is 129 Å². The highest BCUT2D eigenvalue weighted by Gasteiger charge is 2.24. The number of thiazole rings is 1. The van der Waals surface area contributed by atoms with Crippen LogP contribution < -0.4 is 5.32 Å². The molecule has 2 aromatic rings. The smallest absolute Gasteiger partial charge is 0.311 e. The molecule has 0 saturated carbocycles. The zero-order valence-corrected chi connectivity index (χ0v) is 14.7. The van der Waals surface area contributed by atoms with E-state index in [4.69, 9.17) is 4.74 Å². The molecule has 2 rings (SSSR count). The molecule has 0 spiro atoms. The van der Waals surface area contributed by atoms with Gasteiger partial charge in [0.1, 0.15) is 17.9 Å². The number of ether oxygens (including phenoxy) is 1.